The monoisotopic (exact) mass is 406 g/mol. The number of alkyl halides is 4. The number of pyridine rings is 2. The highest BCUT2D eigenvalue weighted by molar-refractivity contribution is 5.63. The molecule has 0 spiro atoms. The van der Waals surface area contributed by atoms with Gasteiger partial charge in [-0.05, 0) is 38.1 Å². The highest BCUT2D eigenvalue weighted by Gasteiger charge is 2.14. The number of halogens is 4. The van der Waals surface area contributed by atoms with E-state index in [1.54, 1.807) is 6.07 Å². The van der Waals surface area contributed by atoms with E-state index >= 15 is 0 Å². The lowest BCUT2D eigenvalue weighted by Gasteiger charge is -2.14. The lowest BCUT2D eigenvalue weighted by Crippen LogP contribution is -2.12. The summed E-state index contributed by atoms with van der Waals surface area (Å²) < 4.78 is 51.8. The summed E-state index contributed by atoms with van der Waals surface area (Å²) >= 11 is 0. The second kappa shape index (κ2) is 8.80. The molecule has 3 aromatic heterocycles. The molecule has 0 saturated heterocycles. The zero-order valence-corrected chi connectivity index (χ0v) is 15.6. The number of anilines is 3. The number of rotatable bonds is 7. The third kappa shape index (κ3) is 5.37. The molecule has 0 aliphatic rings. The van der Waals surface area contributed by atoms with Gasteiger partial charge in [0.15, 0.2) is 5.82 Å². The maximum atomic E-state index is 13.0. The van der Waals surface area contributed by atoms with E-state index in [2.05, 4.69) is 30.6 Å². The first-order valence-electron chi connectivity index (χ1n) is 8.74. The standard InChI is InChI=1S/C19H18F4N6/c1-10(2)25-15-9-16(26-11-6-7-24-14(8-11)18(22)23)29-19(28-15)13-5-3-4-12(27-13)17(20)21/h3-10,17-18H,1-2H3,(H2,24,25,26,28,29). The van der Waals surface area contributed by atoms with Crippen molar-refractivity contribution in [2.75, 3.05) is 10.6 Å². The Balaban J connectivity index is 2.00. The van der Waals surface area contributed by atoms with Crippen molar-refractivity contribution in [1.29, 1.82) is 0 Å². The van der Waals surface area contributed by atoms with Crippen LogP contribution in [0.5, 0.6) is 0 Å². The first-order valence-corrected chi connectivity index (χ1v) is 8.74. The van der Waals surface area contributed by atoms with Crippen LogP contribution in [-0.2, 0) is 0 Å². The average molecular weight is 406 g/mol. The van der Waals surface area contributed by atoms with Gasteiger partial charge in [0, 0.05) is 24.0 Å². The SMILES string of the molecule is CC(C)Nc1cc(Nc2ccnc(C(F)F)c2)nc(-c2cccc(C(F)F)n2)n1. The first-order chi connectivity index (χ1) is 13.8. The predicted molar refractivity (Wildman–Crippen MR) is 101 cm³/mol. The van der Waals surface area contributed by atoms with Crippen LogP contribution in [0.2, 0.25) is 0 Å². The van der Waals surface area contributed by atoms with E-state index < -0.39 is 18.5 Å². The highest BCUT2D eigenvalue weighted by atomic mass is 19.3. The predicted octanol–water partition coefficient (Wildman–Crippen LogP) is 5.37. The molecule has 0 unspecified atom stereocenters. The quantitative estimate of drug-likeness (QED) is 0.514. The first kappa shape index (κ1) is 20.4. The molecule has 2 N–H and O–H groups in total. The fourth-order valence-electron chi connectivity index (χ4n) is 2.49. The van der Waals surface area contributed by atoms with Gasteiger partial charge in [-0.15, -0.1) is 0 Å². The lowest BCUT2D eigenvalue weighted by molar-refractivity contribution is 0.145. The van der Waals surface area contributed by atoms with Crippen LogP contribution in [0.3, 0.4) is 0 Å². The molecule has 0 atom stereocenters. The molecule has 0 saturated carbocycles. The minimum absolute atomic E-state index is 0.0392. The summed E-state index contributed by atoms with van der Waals surface area (Å²) in [6.45, 7) is 3.81. The smallest absolute Gasteiger partial charge is 0.280 e. The second-order valence-electron chi connectivity index (χ2n) is 6.40. The van der Waals surface area contributed by atoms with Crippen LogP contribution in [0.25, 0.3) is 11.5 Å². The van der Waals surface area contributed by atoms with Gasteiger partial charge in [0.05, 0.1) is 0 Å². The van der Waals surface area contributed by atoms with Gasteiger partial charge in [0.25, 0.3) is 12.9 Å². The van der Waals surface area contributed by atoms with Gasteiger partial charge in [-0.25, -0.2) is 32.5 Å². The van der Waals surface area contributed by atoms with E-state index in [4.69, 9.17) is 0 Å². The molecule has 0 fully saturated rings. The van der Waals surface area contributed by atoms with Crippen molar-refractivity contribution in [1.82, 2.24) is 19.9 Å². The minimum Gasteiger partial charge on any atom is -0.368 e. The van der Waals surface area contributed by atoms with Gasteiger partial charge in [0.2, 0.25) is 0 Å². The summed E-state index contributed by atoms with van der Waals surface area (Å²) in [6.07, 6.45) is -4.18. The normalized spacial score (nSPS) is 11.3. The van der Waals surface area contributed by atoms with E-state index in [0.717, 1.165) is 0 Å². The molecule has 6 nitrogen and oxygen atoms in total. The van der Waals surface area contributed by atoms with E-state index in [1.807, 2.05) is 13.8 Å². The number of nitrogens with zero attached hydrogens (tertiary/aromatic N) is 4. The van der Waals surface area contributed by atoms with E-state index in [0.29, 0.717) is 11.5 Å². The van der Waals surface area contributed by atoms with Crippen molar-refractivity contribution in [2.24, 2.45) is 0 Å². The summed E-state index contributed by atoms with van der Waals surface area (Å²) in [7, 11) is 0. The Labute approximate surface area is 164 Å². The lowest BCUT2D eigenvalue weighted by atomic mass is 10.2. The van der Waals surface area contributed by atoms with Crippen LogP contribution < -0.4 is 10.6 Å². The molecule has 0 amide bonds. The molecule has 152 valence electrons. The number of hydrogen-bond donors (Lipinski definition) is 2. The molecular formula is C19H18F4N6. The average Bonchev–Trinajstić information content (AvgIpc) is 2.67. The molecule has 3 heterocycles. The Morgan fingerprint density at radius 2 is 1.55 bits per heavy atom. The zero-order chi connectivity index (χ0) is 21.0. The Kier molecular flexibility index (Phi) is 6.20. The van der Waals surface area contributed by atoms with Crippen molar-refractivity contribution >= 4 is 17.3 Å². The number of hydrogen-bond acceptors (Lipinski definition) is 6. The van der Waals surface area contributed by atoms with E-state index in [9.17, 15) is 17.6 Å². The molecule has 0 radical (unpaired) electrons. The topological polar surface area (TPSA) is 75.6 Å². The van der Waals surface area contributed by atoms with Gasteiger partial charge in [-0.2, -0.15) is 0 Å². The molecule has 0 bridgehead atoms. The summed E-state index contributed by atoms with van der Waals surface area (Å²) in [5, 5.41) is 6.03. The third-order valence-corrected chi connectivity index (χ3v) is 3.66. The molecular weight excluding hydrogens is 388 g/mol. The van der Waals surface area contributed by atoms with Crippen molar-refractivity contribution < 1.29 is 17.6 Å². The van der Waals surface area contributed by atoms with Gasteiger partial charge in [-0.3, -0.25) is 4.98 Å². The van der Waals surface area contributed by atoms with E-state index in [1.165, 1.54) is 36.5 Å². The Hall–Kier alpha value is -3.30. The molecule has 3 aromatic rings. The largest absolute Gasteiger partial charge is 0.368 e. The minimum atomic E-state index is -2.73. The van der Waals surface area contributed by atoms with Crippen LogP contribution in [-0.4, -0.2) is 26.0 Å². The van der Waals surface area contributed by atoms with E-state index in [-0.39, 0.29) is 29.1 Å². The molecule has 10 heteroatoms. The summed E-state index contributed by atoms with van der Waals surface area (Å²) in [5.41, 5.74) is -0.249. The van der Waals surface area contributed by atoms with Crippen molar-refractivity contribution in [3.8, 4) is 11.5 Å². The van der Waals surface area contributed by atoms with Crippen molar-refractivity contribution in [3.63, 3.8) is 0 Å². The fourth-order valence-corrected chi connectivity index (χ4v) is 2.49. The molecule has 0 aromatic carbocycles. The fraction of sp³-hybridized carbons (Fsp3) is 0.263. The second-order valence-corrected chi connectivity index (χ2v) is 6.40. The van der Waals surface area contributed by atoms with Gasteiger partial charge < -0.3 is 10.6 Å². The maximum absolute atomic E-state index is 13.0. The van der Waals surface area contributed by atoms with Gasteiger partial charge >= 0.3 is 0 Å². The number of aromatic nitrogens is 4. The van der Waals surface area contributed by atoms with Crippen molar-refractivity contribution in [2.45, 2.75) is 32.7 Å². The highest BCUT2D eigenvalue weighted by Crippen LogP contribution is 2.26. The summed E-state index contributed by atoms with van der Waals surface area (Å²) in [4.78, 5) is 16.2. The van der Waals surface area contributed by atoms with Crippen LogP contribution in [0.1, 0.15) is 38.1 Å². The van der Waals surface area contributed by atoms with Crippen LogP contribution >= 0.6 is 0 Å². The molecule has 29 heavy (non-hydrogen) atoms. The zero-order valence-electron chi connectivity index (χ0n) is 15.6. The van der Waals surface area contributed by atoms with Gasteiger partial charge in [0.1, 0.15) is 28.7 Å². The van der Waals surface area contributed by atoms with Crippen LogP contribution in [0.15, 0.2) is 42.6 Å². The third-order valence-electron chi connectivity index (χ3n) is 3.66. The Morgan fingerprint density at radius 1 is 0.828 bits per heavy atom. The molecule has 3 rings (SSSR count). The Bertz CT molecular complexity index is 980. The Morgan fingerprint density at radius 3 is 2.24 bits per heavy atom. The van der Waals surface area contributed by atoms with Crippen molar-refractivity contribution in [3.05, 3.63) is 54.0 Å². The number of nitrogens with one attached hydrogen (secondary N) is 2. The molecule has 0 aliphatic carbocycles. The van der Waals surface area contributed by atoms with Gasteiger partial charge in [-0.1, -0.05) is 6.07 Å². The van der Waals surface area contributed by atoms with Crippen LogP contribution in [0.4, 0.5) is 34.9 Å². The van der Waals surface area contributed by atoms with Crippen LogP contribution in [0, 0.1) is 0 Å². The maximum Gasteiger partial charge on any atom is 0.280 e. The summed E-state index contributed by atoms with van der Waals surface area (Å²) in [5.74, 6) is 0.831. The molecule has 0 aliphatic heterocycles. The summed E-state index contributed by atoms with van der Waals surface area (Å²) in [6, 6.07) is 8.52.